The van der Waals surface area contributed by atoms with Crippen LogP contribution in [0.1, 0.15) is 33.6 Å². The first-order chi connectivity index (χ1) is 6.96. The smallest absolute Gasteiger partial charge is 0.334 e. The number of esters is 1. The van der Waals surface area contributed by atoms with E-state index in [1.165, 1.54) is 0 Å². The van der Waals surface area contributed by atoms with Crippen molar-refractivity contribution in [2.45, 2.75) is 39.2 Å². The monoisotopic (exact) mass is 206 g/mol. The van der Waals surface area contributed by atoms with Crippen LogP contribution >= 0.6 is 0 Å². The van der Waals surface area contributed by atoms with E-state index in [1.54, 1.807) is 0 Å². The minimum atomic E-state index is -0.392. The van der Waals surface area contributed by atoms with Gasteiger partial charge < -0.3 is 4.74 Å². The number of hydrogen-bond acceptors (Lipinski definition) is 2. The van der Waals surface area contributed by atoms with E-state index < -0.39 is 5.60 Å². The fraction of sp³-hybridized carbons (Fsp3) is 0.615. The number of rotatable bonds is 1. The highest BCUT2D eigenvalue weighted by Gasteiger charge is 2.31. The van der Waals surface area contributed by atoms with Crippen LogP contribution in [0.25, 0.3) is 0 Å². The first kappa shape index (κ1) is 10.5. The summed E-state index contributed by atoms with van der Waals surface area (Å²) in [6.07, 6.45) is 8.49. The van der Waals surface area contributed by atoms with Gasteiger partial charge in [-0.25, -0.2) is 4.79 Å². The summed E-state index contributed by atoms with van der Waals surface area (Å²) in [5, 5.41) is 0. The van der Waals surface area contributed by atoms with E-state index in [0.29, 0.717) is 11.8 Å². The van der Waals surface area contributed by atoms with E-state index in [1.807, 2.05) is 26.8 Å². The lowest BCUT2D eigenvalue weighted by molar-refractivity contribution is -0.150. The van der Waals surface area contributed by atoms with Crippen molar-refractivity contribution in [1.29, 1.82) is 0 Å². The molecule has 0 aliphatic heterocycles. The molecule has 0 radical (unpaired) electrons. The molecule has 0 fully saturated rings. The third-order valence-electron chi connectivity index (χ3n) is 2.85. The maximum Gasteiger partial charge on any atom is 0.334 e. The Hall–Kier alpha value is -1.05. The average molecular weight is 206 g/mol. The molecule has 2 rings (SSSR count). The van der Waals surface area contributed by atoms with Crippen molar-refractivity contribution in [3.63, 3.8) is 0 Å². The number of carbonyl (C=O) groups is 1. The van der Waals surface area contributed by atoms with Crippen LogP contribution in [0.3, 0.4) is 0 Å². The second kappa shape index (κ2) is 3.51. The molecule has 0 amide bonds. The van der Waals surface area contributed by atoms with Gasteiger partial charge in [-0.1, -0.05) is 18.2 Å². The summed E-state index contributed by atoms with van der Waals surface area (Å²) in [5.74, 6) is 0.817. The fourth-order valence-electron chi connectivity index (χ4n) is 2.18. The second-order valence-electron chi connectivity index (χ2n) is 5.38. The quantitative estimate of drug-likeness (QED) is 0.487. The summed E-state index contributed by atoms with van der Waals surface area (Å²) in [7, 11) is 0. The number of fused-ring (bicyclic) bond motifs is 2. The lowest BCUT2D eigenvalue weighted by atomic mass is 9.87. The van der Waals surface area contributed by atoms with Gasteiger partial charge in [0.1, 0.15) is 5.60 Å². The Kier molecular flexibility index (Phi) is 2.45. The molecule has 0 spiro atoms. The van der Waals surface area contributed by atoms with Crippen LogP contribution in [0.15, 0.2) is 23.8 Å². The fourth-order valence-corrected chi connectivity index (χ4v) is 2.18. The Bertz CT molecular complexity index is 331. The van der Waals surface area contributed by atoms with Gasteiger partial charge in [0.2, 0.25) is 0 Å². The molecule has 0 N–H and O–H groups in total. The van der Waals surface area contributed by atoms with Crippen LogP contribution in [0.5, 0.6) is 0 Å². The van der Waals surface area contributed by atoms with Crippen molar-refractivity contribution in [3.05, 3.63) is 23.8 Å². The third kappa shape index (κ3) is 2.31. The summed E-state index contributed by atoms with van der Waals surface area (Å²) < 4.78 is 5.39. The summed E-state index contributed by atoms with van der Waals surface area (Å²) in [5.41, 5.74) is 0.465. The minimum absolute atomic E-state index is 0.141. The van der Waals surface area contributed by atoms with Crippen LogP contribution < -0.4 is 0 Å². The number of allylic oxidation sites excluding steroid dienone is 3. The van der Waals surface area contributed by atoms with Crippen molar-refractivity contribution >= 4 is 5.97 Å². The Morgan fingerprint density at radius 2 is 2.13 bits per heavy atom. The van der Waals surface area contributed by atoms with E-state index in [9.17, 15) is 4.79 Å². The molecule has 15 heavy (non-hydrogen) atoms. The highest BCUT2D eigenvalue weighted by Crippen LogP contribution is 2.37. The molecular formula is C13H18O2. The molecule has 2 atom stereocenters. The Morgan fingerprint density at radius 1 is 1.40 bits per heavy atom. The molecule has 2 aliphatic rings. The highest BCUT2D eigenvalue weighted by atomic mass is 16.6. The van der Waals surface area contributed by atoms with Crippen LogP contribution in [0, 0.1) is 11.8 Å². The number of carbonyl (C=O) groups excluding carboxylic acids is 1. The molecule has 2 bridgehead atoms. The van der Waals surface area contributed by atoms with Crippen LogP contribution in [-0.4, -0.2) is 11.6 Å². The van der Waals surface area contributed by atoms with E-state index in [2.05, 4.69) is 12.2 Å². The van der Waals surface area contributed by atoms with Crippen molar-refractivity contribution in [3.8, 4) is 0 Å². The zero-order valence-corrected chi connectivity index (χ0v) is 9.62. The van der Waals surface area contributed by atoms with Crippen molar-refractivity contribution in [2.24, 2.45) is 11.8 Å². The number of hydrogen-bond donors (Lipinski definition) is 0. The van der Waals surface area contributed by atoms with Gasteiger partial charge in [-0.15, -0.1) is 0 Å². The van der Waals surface area contributed by atoms with Crippen LogP contribution in [-0.2, 0) is 9.53 Å². The van der Waals surface area contributed by atoms with Crippen LogP contribution in [0.2, 0.25) is 0 Å². The maximum atomic E-state index is 11.9. The average Bonchev–Trinajstić information content (AvgIpc) is 2.45. The first-order valence-corrected chi connectivity index (χ1v) is 5.57. The largest absolute Gasteiger partial charge is 0.457 e. The normalized spacial score (nSPS) is 28.9. The summed E-state index contributed by atoms with van der Waals surface area (Å²) in [4.78, 5) is 11.9. The molecule has 82 valence electrons. The lowest BCUT2D eigenvalue weighted by Gasteiger charge is -2.24. The standard InChI is InChI=1S/C13H18O2/c1-13(2,3)15-12(14)11-7-5-9-4-6-10(11)8-9/h4,6-7,9-10H,5,8H2,1-3H3/t9-,10-/m0/s1. The predicted molar refractivity (Wildman–Crippen MR) is 59.3 cm³/mol. The molecule has 0 unspecified atom stereocenters. The van der Waals surface area contributed by atoms with Crippen molar-refractivity contribution in [2.75, 3.05) is 0 Å². The molecule has 0 heterocycles. The second-order valence-corrected chi connectivity index (χ2v) is 5.38. The third-order valence-corrected chi connectivity index (χ3v) is 2.85. The summed E-state index contributed by atoms with van der Waals surface area (Å²) in [6.45, 7) is 5.71. The van der Waals surface area contributed by atoms with E-state index in [-0.39, 0.29) is 5.97 Å². The topological polar surface area (TPSA) is 26.3 Å². The molecule has 0 aromatic carbocycles. The molecule has 0 saturated carbocycles. The maximum absolute atomic E-state index is 11.9. The first-order valence-electron chi connectivity index (χ1n) is 5.57. The van der Waals surface area contributed by atoms with Gasteiger partial charge in [-0.05, 0) is 39.5 Å². The molecule has 0 aromatic rings. The summed E-state index contributed by atoms with van der Waals surface area (Å²) in [6, 6.07) is 0. The molecule has 0 saturated heterocycles. The van der Waals surface area contributed by atoms with E-state index >= 15 is 0 Å². The molecular weight excluding hydrogens is 188 g/mol. The van der Waals surface area contributed by atoms with E-state index in [4.69, 9.17) is 4.74 Å². The minimum Gasteiger partial charge on any atom is -0.457 e. The van der Waals surface area contributed by atoms with Gasteiger partial charge in [-0.2, -0.15) is 0 Å². The lowest BCUT2D eigenvalue weighted by Crippen LogP contribution is -2.27. The van der Waals surface area contributed by atoms with Gasteiger partial charge in [0, 0.05) is 11.5 Å². The molecule has 2 aliphatic carbocycles. The zero-order valence-electron chi connectivity index (χ0n) is 9.62. The van der Waals surface area contributed by atoms with Gasteiger partial charge >= 0.3 is 5.97 Å². The van der Waals surface area contributed by atoms with Gasteiger partial charge in [0.25, 0.3) is 0 Å². The molecule has 2 nitrogen and oxygen atoms in total. The Morgan fingerprint density at radius 3 is 2.80 bits per heavy atom. The highest BCUT2D eigenvalue weighted by molar-refractivity contribution is 5.90. The zero-order chi connectivity index (χ0) is 11.1. The Labute approximate surface area is 91.0 Å². The number of ether oxygens (including phenoxy) is 1. The van der Waals surface area contributed by atoms with Gasteiger partial charge in [0.15, 0.2) is 0 Å². The molecule has 0 aromatic heterocycles. The SMILES string of the molecule is CC(C)(C)OC(=O)C1=CC[C@@H]2C=C[C@H]1C2. The van der Waals surface area contributed by atoms with Crippen LogP contribution in [0.4, 0.5) is 0 Å². The summed E-state index contributed by atoms with van der Waals surface area (Å²) >= 11 is 0. The van der Waals surface area contributed by atoms with Gasteiger partial charge in [-0.3, -0.25) is 0 Å². The predicted octanol–water partition coefficient (Wildman–Crippen LogP) is 2.85. The Balaban J connectivity index is 2.08. The van der Waals surface area contributed by atoms with Crippen molar-refractivity contribution < 1.29 is 9.53 Å². The molecule has 2 heteroatoms. The van der Waals surface area contributed by atoms with Gasteiger partial charge in [0.05, 0.1) is 0 Å². The van der Waals surface area contributed by atoms with E-state index in [0.717, 1.165) is 18.4 Å². The van der Waals surface area contributed by atoms with Crippen molar-refractivity contribution in [1.82, 2.24) is 0 Å².